The van der Waals surface area contributed by atoms with Crippen molar-refractivity contribution < 1.29 is 19.9 Å². The number of aromatic carboxylic acids is 1. The molecule has 0 atom stereocenters. The average molecular weight is 367 g/mol. The second-order valence-electron chi connectivity index (χ2n) is 7.60. The van der Waals surface area contributed by atoms with Crippen molar-refractivity contribution >= 4 is 11.7 Å². The summed E-state index contributed by atoms with van der Waals surface area (Å²) in [4.78, 5) is 19.9. The number of carboxylic acids is 1. The smallest absolute Gasteiger partial charge is 0.335 e. The van der Waals surface area contributed by atoms with E-state index in [0.29, 0.717) is 0 Å². The molecule has 1 rings (SSSR count). The van der Waals surface area contributed by atoms with Gasteiger partial charge in [-0.25, -0.2) is 4.79 Å². The normalized spacial score (nSPS) is 11.5. The number of benzene rings is 1. The van der Waals surface area contributed by atoms with Gasteiger partial charge in [0.1, 0.15) is 0 Å². The zero-order valence-electron chi connectivity index (χ0n) is 16.6. The van der Waals surface area contributed by atoms with Crippen molar-refractivity contribution in [2.24, 2.45) is 5.41 Å². The van der Waals surface area contributed by atoms with Crippen molar-refractivity contribution in [1.82, 2.24) is 0 Å². The predicted octanol–water partition coefficient (Wildman–Crippen LogP) is 5.44. The summed E-state index contributed by atoms with van der Waals surface area (Å²) in [5.41, 5.74) is -0.517. The molecule has 0 saturated carbocycles. The van der Waals surface area contributed by atoms with Crippen molar-refractivity contribution in [3.63, 3.8) is 0 Å². The second-order valence-corrected chi connectivity index (χ2v) is 7.60. The van der Waals surface area contributed by atoms with Crippen LogP contribution in [0.4, 0.5) is 5.69 Å². The minimum Gasteiger partial charge on any atom is -0.478 e. The highest BCUT2D eigenvalue weighted by atomic mass is 16.6. The Morgan fingerprint density at radius 2 is 1.46 bits per heavy atom. The van der Waals surface area contributed by atoms with Crippen molar-refractivity contribution in [2.75, 3.05) is 0 Å². The summed E-state index contributed by atoms with van der Waals surface area (Å²) in [6, 6.07) is 4.70. The van der Waals surface area contributed by atoms with Crippen LogP contribution in [0.1, 0.15) is 83.5 Å². The van der Waals surface area contributed by atoms with Crippen LogP contribution in [0.3, 0.4) is 0 Å². The van der Waals surface area contributed by atoms with Gasteiger partial charge in [-0.2, -0.15) is 0 Å². The molecule has 0 radical (unpaired) electrons. The van der Waals surface area contributed by atoms with Gasteiger partial charge in [0.15, 0.2) is 0 Å². The van der Waals surface area contributed by atoms with Crippen molar-refractivity contribution in [3.8, 4) is 0 Å². The molecule has 148 valence electrons. The minimum absolute atomic E-state index is 0.0112. The topological polar surface area (TPSA) is 101 Å². The van der Waals surface area contributed by atoms with Gasteiger partial charge in [-0.05, 0) is 30.4 Å². The first-order chi connectivity index (χ1) is 12.0. The van der Waals surface area contributed by atoms with Crippen LogP contribution in [0.15, 0.2) is 24.3 Å². The monoisotopic (exact) mass is 367 g/mol. The van der Waals surface area contributed by atoms with E-state index in [0.717, 1.165) is 37.8 Å². The van der Waals surface area contributed by atoms with Gasteiger partial charge in [0.25, 0.3) is 5.69 Å². The molecule has 0 aliphatic rings. The number of hydrogen-bond acceptors (Lipinski definition) is 4. The van der Waals surface area contributed by atoms with Crippen LogP contribution in [0.25, 0.3) is 0 Å². The first-order valence-electron chi connectivity index (χ1n) is 9.18. The number of hydrogen-bond donors (Lipinski definition) is 2. The van der Waals surface area contributed by atoms with E-state index in [2.05, 4.69) is 34.6 Å². The maximum absolute atomic E-state index is 10.6. The number of non-ortho nitro benzene ring substituents is 1. The molecule has 6 heteroatoms. The Bertz CT molecular complexity index is 520. The molecule has 0 spiro atoms. The molecule has 0 aliphatic carbocycles. The van der Waals surface area contributed by atoms with Gasteiger partial charge >= 0.3 is 5.97 Å². The van der Waals surface area contributed by atoms with Crippen LogP contribution in [-0.2, 0) is 0 Å². The van der Waals surface area contributed by atoms with Crippen LogP contribution < -0.4 is 0 Å². The third kappa shape index (κ3) is 7.95. The Hall–Kier alpha value is -1.95. The predicted molar refractivity (Wildman–Crippen MR) is 104 cm³/mol. The highest BCUT2D eigenvalue weighted by Crippen LogP contribution is 2.38. The summed E-state index contributed by atoms with van der Waals surface area (Å²) >= 11 is 0. The average Bonchev–Trinajstić information content (AvgIpc) is 2.57. The Morgan fingerprint density at radius 1 is 1.04 bits per heavy atom. The lowest BCUT2D eigenvalue weighted by atomic mass is 9.71. The zero-order chi connectivity index (χ0) is 20.4. The highest BCUT2D eigenvalue weighted by Gasteiger charge is 2.38. The summed E-state index contributed by atoms with van der Waals surface area (Å²) in [6.07, 6.45) is 6.52. The van der Waals surface area contributed by atoms with Gasteiger partial charge in [0.2, 0.25) is 0 Å². The van der Waals surface area contributed by atoms with E-state index in [1.54, 1.807) is 0 Å². The molecule has 6 nitrogen and oxygen atoms in total. The summed E-state index contributed by atoms with van der Waals surface area (Å²) in [6.45, 7) is 10.8. The number of rotatable bonds is 8. The van der Waals surface area contributed by atoms with E-state index in [9.17, 15) is 20.0 Å². The lowest BCUT2D eigenvalue weighted by molar-refractivity contribution is -0.384. The van der Waals surface area contributed by atoms with Crippen molar-refractivity contribution in [2.45, 2.75) is 78.7 Å². The SMILES string of the molecule is CCCCC(O)(CCCC)C(C)(C)C.O=C(O)c1ccc([N+](=O)[O-])cc1. The number of aliphatic hydroxyl groups is 1. The van der Waals surface area contributed by atoms with E-state index in [1.165, 1.54) is 25.0 Å². The van der Waals surface area contributed by atoms with E-state index in [-0.39, 0.29) is 16.7 Å². The van der Waals surface area contributed by atoms with Gasteiger partial charge in [-0.3, -0.25) is 10.1 Å². The number of nitro benzene ring substituents is 1. The van der Waals surface area contributed by atoms with E-state index >= 15 is 0 Å². The zero-order valence-corrected chi connectivity index (χ0v) is 16.6. The highest BCUT2D eigenvalue weighted by molar-refractivity contribution is 5.87. The van der Waals surface area contributed by atoms with Crippen LogP contribution in [0.2, 0.25) is 0 Å². The molecule has 0 fully saturated rings. The van der Waals surface area contributed by atoms with Gasteiger partial charge in [0, 0.05) is 12.1 Å². The number of carbonyl (C=O) groups is 1. The summed E-state index contributed by atoms with van der Waals surface area (Å²) < 4.78 is 0. The van der Waals surface area contributed by atoms with Crippen molar-refractivity contribution in [1.29, 1.82) is 0 Å². The van der Waals surface area contributed by atoms with Crippen molar-refractivity contribution in [3.05, 3.63) is 39.9 Å². The minimum atomic E-state index is -1.09. The molecule has 0 amide bonds. The Kier molecular flexibility index (Phi) is 10.1. The van der Waals surface area contributed by atoms with Crippen LogP contribution in [-0.4, -0.2) is 26.7 Å². The van der Waals surface area contributed by atoms with E-state index in [1.807, 2.05) is 0 Å². The maximum atomic E-state index is 10.6. The fourth-order valence-corrected chi connectivity index (χ4v) is 2.54. The number of nitrogens with zero attached hydrogens (tertiary/aromatic N) is 1. The second kappa shape index (κ2) is 10.9. The van der Waals surface area contributed by atoms with Gasteiger partial charge in [0.05, 0.1) is 16.1 Å². The fraction of sp³-hybridized carbons (Fsp3) is 0.650. The molecule has 2 N–H and O–H groups in total. The quantitative estimate of drug-likeness (QED) is 0.471. The molecular formula is C20H33NO5. The standard InChI is InChI=1S/C13H28O.C7H5NO4/c1-6-8-10-13(14,11-9-7-2)12(3,4)5;9-7(10)5-1-3-6(4-2-5)8(11)12/h14H,6-11H2,1-5H3;1-4H,(H,9,10). The molecule has 0 aromatic heterocycles. The molecule has 0 saturated heterocycles. The summed E-state index contributed by atoms with van der Waals surface area (Å²) in [5.74, 6) is -1.09. The van der Waals surface area contributed by atoms with Gasteiger partial charge in [-0.15, -0.1) is 0 Å². The number of nitro groups is 1. The van der Waals surface area contributed by atoms with Crippen LogP contribution >= 0.6 is 0 Å². The molecular weight excluding hydrogens is 334 g/mol. The molecule has 1 aromatic carbocycles. The maximum Gasteiger partial charge on any atom is 0.335 e. The van der Waals surface area contributed by atoms with E-state index < -0.39 is 16.5 Å². The molecule has 0 unspecified atom stereocenters. The lowest BCUT2D eigenvalue weighted by Crippen LogP contribution is -2.42. The fourth-order valence-electron chi connectivity index (χ4n) is 2.54. The van der Waals surface area contributed by atoms with Crippen LogP contribution in [0.5, 0.6) is 0 Å². The third-order valence-corrected chi connectivity index (χ3v) is 4.61. The van der Waals surface area contributed by atoms with Crippen LogP contribution in [0, 0.1) is 15.5 Å². The van der Waals surface area contributed by atoms with Gasteiger partial charge in [-0.1, -0.05) is 60.3 Å². The third-order valence-electron chi connectivity index (χ3n) is 4.61. The summed E-state index contributed by atoms with van der Waals surface area (Å²) in [7, 11) is 0. The molecule has 0 heterocycles. The Balaban J connectivity index is 0.000000485. The van der Waals surface area contributed by atoms with Gasteiger partial charge < -0.3 is 10.2 Å². The van der Waals surface area contributed by atoms with E-state index in [4.69, 9.17) is 5.11 Å². The largest absolute Gasteiger partial charge is 0.478 e. The summed E-state index contributed by atoms with van der Waals surface area (Å²) in [5, 5.41) is 29.2. The Labute approximate surface area is 156 Å². The number of carboxylic acid groups (broad SMARTS) is 1. The lowest BCUT2D eigenvalue weighted by Gasteiger charge is -2.41. The Morgan fingerprint density at radius 3 is 1.73 bits per heavy atom. The number of unbranched alkanes of at least 4 members (excludes halogenated alkanes) is 2. The first kappa shape index (κ1) is 24.1. The molecule has 0 bridgehead atoms. The molecule has 26 heavy (non-hydrogen) atoms. The molecule has 0 aliphatic heterocycles. The molecule has 1 aromatic rings. The first-order valence-corrected chi connectivity index (χ1v) is 9.18.